The number of fused-ring (bicyclic) bond motifs is 5. The Hall–Kier alpha value is -3.26. The second kappa shape index (κ2) is 6.17. The van der Waals surface area contributed by atoms with Crippen molar-refractivity contribution in [3.63, 3.8) is 0 Å². The zero-order valence-electron chi connectivity index (χ0n) is 15.4. The topological polar surface area (TPSA) is 18.5 Å². The molecule has 0 aromatic heterocycles. The summed E-state index contributed by atoms with van der Waals surface area (Å²) in [6.45, 7) is 0. The second-order valence-electron chi connectivity index (χ2n) is 6.89. The zero-order chi connectivity index (χ0) is 18.4. The van der Waals surface area contributed by atoms with Crippen molar-refractivity contribution in [3.8, 4) is 22.6 Å². The largest absolute Gasteiger partial charge is 0.493 e. The van der Waals surface area contributed by atoms with E-state index in [0.717, 1.165) is 11.5 Å². The van der Waals surface area contributed by atoms with Crippen molar-refractivity contribution in [2.24, 2.45) is 0 Å². The molecule has 0 bridgehead atoms. The Morgan fingerprint density at radius 1 is 0.667 bits per heavy atom. The maximum atomic E-state index is 5.60. The minimum Gasteiger partial charge on any atom is -0.493 e. The molecule has 0 aliphatic heterocycles. The van der Waals surface area contributed by atoms with E-state index in [4.69, 9.17) is 9.47 Å². The summed E-state index contributed by atoms with van der Waals surface area (Å²) < 4.78 is 11.1. The number of methoxy groups -OCH3 is 2. The van der Waals surface area contributed by atoms with Gasteiger partial charge in [0.25, 0.3) is 0 Å². The molecule has 1 unspecified atom stereocenters. The van der Waals surface area contributed by atoms with E-state index in [1.807, 2.05) is 0 Å². The van der Waals surface area contributed by atoms with Gasteiger partial charge in [0.05, 0.1) is 14.2 Å². The van der Waals surface area contributed by atoms with Crippen molar-refractivity contribution < 1.29 is 9.47 Å². The average Bonchev–Trinajstić information content (AvgIpc) is 3.08. The lowest BCUT2D eigenvalue weighted by Gasteiger charge is -2.18. The van der Waals surface area contributed by atoms with Gasteiger partial charge in [0.15, 0.2) is 11.5 Å². The van der Waals surface area contributed by atoms with Crippen LogP contribution in [-0.2, 0) is 0 Å². The maximum absolute atomic E-state index is 5.60. The van der Waals surface area contributed by atoms with E-state index in [1.54, 1.807) is 14.2 Å². The first kappa shape index (κ1) is 16.0. The Labute approximate surface area is 159 Å². The van der Waals surface area contributed by atoms with Crippen LogP contribution in [0, 0.1) is 0 Å². The lowest BCUT2D eigenvalue weighted by atomic mass is 9.86. The van der Waals surface area contributed by atoms with Crippen molar-refractivity contribution >= 4 is 10.8 Å². The minimum atomic E-state index is 0.221. The quantitative estimate of drug-likeness (QED) is 0.395. The summed E-state index contributed by atoms with van der Waals surface area (Å²) in [5.74, 6) is 1.75. The molecule has 0 amide bonds. The normalized spacial score (nSPS) is 14.7. The predicted molar refractivity (Wildman–Crippen MR) is 110 cm³/mol. The predicted octanol–water partition coefficient (Wildman–Crippen LogP) is 6.02. The van der Waals surface area contributed by atoms with Crippen LogP contribution in [-0.4, -0.2) is 14.2 Å². The molecular weight excluding hydrogens is 332 g/mol. The van der Waals surface area contributed by atoms with E-state index in [9.17, 15) is 0 Å². The first-order valence-corrected chi connectivity index (χ1v) is 9.14. The molecule has 2 nitrogen and oxygen atoms in total. The van der Waals surface area contributed by atoms with Gasteiger partial charge < -0.3 is 9.47 Å². The first-order chi connectivity index (χ1) is 13.3. The molecule has 0 fully saturated rings. The molecule has 4 aromatic carbocycles. The molecule has 1 atom stereocenters. The third-order valence-corrected chi connectivity index (χ3v) is 5.55. The minimum absolute atomic E-state index is 0.221. The standard InChI is InChI=1S/C25H20O2/c1-26-22-14-17-12-13-20-18-10-6-7-11-19(18)24(16-8-4-3-5-9-16)25(20)21(17)15-23(22)27-2/h3-15,24H,1-2H3. The van der Waals surface area contributed by atoms with Crippen LogP contribution in [0.1, 0.15) is 22.6 Å². The van der Waals surface area contributed by atoms with E-state index >= 15 is 0 Å². The number of hydrogen-bond acceptors (Lipinski definition) is 2. The van der Waals surface area contributed by atoms with Gasteiger partial charge in [-0.2, -0.15) is 0 Å². The van der Waals surface area contributed by atoms with Crippen LogP contribution in [0.3, 0.4) is 0 Å². The number of ether oxygens (including phenoxy) is 2. The van der Waals surface area contributed by atoms with Gasteiger partial charge in [-0.05, 0) is 50.7 Å². The Morgan fingerprint density at radius 3 is 2.15 bits per heavy atom. The van der Waals surface area contributed by atoms with Crippen LogP contribution in [0.4, 0.5) is 0 Å². The smallest absolute Gasteiger partial charge is 0.161 e. The van der Waals surface area contributed by atoms with Crippen LogP contribution in [0.15, 0.2) is 78.9 Å². The van der Waals surface area contributed by atoms with Gasteiger partial charge in [0, 0.05) is 5.92 Å². The van der Waals surface area contributed by atoms with Crippen molar-refractivity contribution in [3.05, 3.63) is 95.6 Å². The Balaban J connectivity index is 1.87. The van der Waals surface area contributed by atoms with E-state index in [-0.39, 0.29) is 5.92 Å². The van der Waals surface area contributed by atoms with Crippen molar-refractivity contribution in [1.29, 1.82) is 0 Å². The molecule has 0 heterocycles. The summed E-state index contributed by atoms with van der Waals surface area (Å²) in [7, 11) is 3.37. The summed E-state index contributed by atoms with van der Waals surface area (Å²) in [6.07, 6.45) is 0. The summed E-state index contributed by atoms with van der Waals surface area (Å²) in [6, 6.07) is 28.1. The molecule has 0 N–H and O–H groups in total. The average molecular weight is 352 g/mol. The fourth-order valence-corrected chi connectivity index (χ4v) is 4.36. The lowest BCUT2D eigenvalue weighted by Crippen LogP contribution is -2.00. The molecule has 132 valence electrons. The van der Waals surface area contributed by atoms with Crippen LogP contribution >= 0.6 is 0 Å². The molecular formula is C25H20O2. The highest BCUT2D eigenvalue weighted by molar-refractivity contribution is 5.98. The highest BCUT2D eigenvalue weighted by Crippen LogP contribution is 2.51. The van der Waals surface area contributed by atoms with E-state index < -0.39 is 0 Å². The molecule has 4 aromatic rings. The number of rotatable bonds is 3. The van der Waals surface area contributed by atoms with E-state index in [1.165, 1.54) is 38.6 Å². The van der Waals surface area contributed by atoms with Gasteiger partial charge in [-0.1, -0.05) is 66.7 Å². The lowest BCUT2D eigenvalue weighted by molar-refractivity contribution is 0.356. The highest BCUT2D eigenvalue weighted by Gasteiger charge is 2.31. The van der Waals surface area contributed by atoms with Crippen LogP contribution in [0.5, 0.6) is 11.5 Å². The van der Waals surface area contributed by atoms with E-state index in [0.29, 0.717) is 0 Å². The fourth-order valence-electron chi connectivity index (χ4n) is 4.36. The van der Waals surface area contributed by atoms with Crippen molar-refractivity contribution in [1.82, 2.24) is 0 Å². The monoisotopic (exact) mass is 352 g/mol. The number of hydrogen-bond donors (Lipinski definition) is 0. The highest BCUT2D eigenvalue weighted by atomic mass is 16.5. The van der Waals surface area contributed by atoms with Crippen LogP contribution in [0.25, 0.3) is 21.9 Å². The molecule has 0 spiro atoms. The van der Waals surface area contributed by atoms with Crippen molar-refractivity contribution in [2.45, 2.75) is 5.92 Å². The fraction of sp³-hybridized carbons (Fsp3) is 0.120. The molecule has 0 saturated carbocycles. The maximum Gasteiger partial charge on any atom is 0.161 e. The van der Waals surface area contributed by atoms with Gasteiger partial charge in [0.1, 0.15) is 0 Å². The molecule has 2 heteroatoms. The van der Waals surface area contributed by atoms with Gasteiger partial charge in [-0.15, -0.1) is 0 Å². The zero-order valence-corrected chi connectivity index (χ0v) is 15.4. The third kappa shape index (κ3) is 2.33. The van der Waals surface area contributed by atoms with Gasteiger partial charge >= 0.3 is 0 Å². The summed E-state index contributed by atoms with van der Waals surface area (Å²) in [5.41, 5.74) is 6.64. The third-order valence-electron chi connectivity index (χ3n) is 5.55. The summed E-state index contributed by atoms with van der Waals surface area (Å²) in [4.78, 5) is 0. The first-order valence-electron chi connectivity index (χ1n) is 9.14. The molecule has 1 aliphatic carbocycles. The molecule has 1 aliphatic rings. The van der Waals surface area contributed by atoms with Crippen LogP contribution in [0.2, 0.25) is 0 Å². The molecule has 5 rings (SSSR count). The van der Waals surface area contributed by atoms with Crippen LogP contribution < -0.4 is 9.47 Å². The molecule has 27 heavy (non-hydrogen) atoms. The molecule has 0 radical (unpaired) electrons. The summed E-state index contributed by atoms with van der Waals surface area (Å²) >= 11 is 0. The Morgan fingerprint density at radius 2 is 1.37 bits per heavy atom. The Kier molecular flexibility index (Phi) is 3.64. The van der Waals surface area contributed by atoms with E-state index in [2.05, 4.69) is 78.9 Å². The SMILES string of the molecule is COc1cc2ccc3c(c2cc1OC)C(c1ccccc1)c1ccccc1-3. The second-order valence-corrected chi connectivity index (χ2v) is 6.89. The Bertz CT molecular complexity index is 1150. The molecule has 0 saturated heterocycles. The summed E-state index contributed by atoms with van der Waals surface area (Å²) in [5, 5.41) is 2.38. The number of benzene rings is 4. The van der Waals surface area contributed by atoms with Gasteiger partial charge in [0.2, 0.25) is 0 Å². The van der Waals surface area contributed by atoms with Crippen molar-refractivity contribution in [2.75, 3.05) is 14.2 Å². The van der Waals surface area contributed by atoms with Gasteiger partial charge in [-0.3, -0.25) is 0 Å². The van der Waals surface area contributed by atoms with Gasteiger partial charge in [-0.25, -0.2) is 0 Å².